The number of carboxylic acids is 1. The molecular formula is C9H17NO2S. The number of hydrogen-bond donors (Lipinski definition) is 2. The van der Waals surface area contributed by atoms with Gasteiger partial charge in [0.2, 0.25) is 0 Å². The van der Waals surface area contributed by atoms with Gasteiger partial charge in [-0.1, -0.05) is 13.3 Å². The topological polar surface area (TPSA) is 49.3 Å². The lowest BCUT2D eigenvalue weighted by Gasteiger charge is -2.20. The van der Waals surface area contributed by atoms with Crippen molar-refractivity contribution in [2.75, 3.05) is 0 Å². The van der Waals surface area contributed by atoms with Crippen molar-refractivity contribution in [2.45, 2.75) is 49.8 Å². The maximum absolute atomic E-state index is 10.9. The summed E-state index contributed by atoms with van der Waals surface area (Å²) in [6, 6.07) is -0.408. The number of carboxylic acid groups (broad SMARTS) is 1. The quantitative estimate of drug-likeness (QED) is 0.732. The van der Waals surface area contributed by atoms with E-state index in [1.807, 2.05) is 13.8 Å². The van der Waals surface area contributed by atoms with Gasteiger partial charge >= 0.3 is 5.97 Å². The van der Waals surface area contributed by atoms with Crippen LogP contribution in [0.15, 0.2) is 0 Å². The van der Waals surface area contributed by atoms with Crippen LogP contribution in [-0.2, 0) is 4.79 Å². The minimum absolute atomic E-state index is 0.189. The van der Waals surface area contributed by atoms with Gasteiger partial charge in [0.15, 0.2) is 0 Å². The van der Waals surface area contributed by atoms with E-state index in [0.717, 1.165) is 12.8 Å². The van der Waals surface area contributed by atoms with Gasteiger partial charge in [0.05, 0.1) is 5.37 Å². The zero-order valence-electron chi connectivity index (χ0n) is 8.33. The first-order chi connectivity index (χ1) is 5.97. The third kappa shape index (κ3) is 2.38. The molecule has 0 radical (unpaired) electrons. The SMILES string of the molecule is CCCC1NC(C(=O)O)C(C)(C)S1. The monoisotopic (exact) mass is 203 g/mol. The van der Waals surface area contributed by atoms with E-state index < -0.39 is 12.0 Å². The van der Waals surface area contributed by atoms with Crippen molar-refractivity contribution in [1.82, 2.24) is 5.32 Å². The molecule has 13 heavy (non-hydrogen) atoms. The van der Waals surface area contributed by atoms with E-state index in [9.17, 15) is 4.79 Å². The van der Waals surface area contributed by atoms with Crippen molar-refractivity contribution in [1.29, 1.82) is 0 Å². The van der Waals surface area contributed by atoms with Crippen LogP contribution in [0.5, 0.6) is 0 Å². The highest BCUT2D eigenvalue weighted by Crippen LogP contribution is 2.39. The van der Waals surface area contributed by atoms with E-state index in [1.54, 1.807) is 11.8 Å². The number of nitrogens with one attached hydrogen (secondary N) is 1. The van der Waals surface area contributed by atoms with Crippen LogP contribution in [0.25, 0.3) is 0 Å². The smallest absolute Gasteiger partial charge is 0.322 e. The second-order valence-corrected chi connectivity index (χ2v) is 5.79. The molecule has 1 fully saturated rings. The molecule has 4 heteroatoms. The lowest BCUT2D eigenvalue weighted by atomic mass is 10.0. The molecule has 2 N–H and O–H groups in total. The summed E-state index contributed by atoms with van der Waals surface area (Å²) in [5.41, 5.74) is 0. The van der Waals surface area contributed by atoms with Crippen LogP contribution in [0.1, 0.15) is 33.6 Å². The van der Waals surface area contributed by atoms with Crippen molar-refractivity contribution < 1.29 is 9.90 Å². The minimum atomic E-state index is -0.740. The summed E-state index contributed by atoms with van der Waals surface area (Å²) in [6.07, 6.45) is 2.13. The minimum Gasteiger partial charge on any atom is -0.480 e. The second kappa shape index (κ2) is 3.88. The largest absolute Gasteiger partial charge is 0.480 e. The predicted molar refractivity (Wildman–Crippen MR) is 54.9 cm³/mol. The number of carbonyl (C=O) groups is 1. The first kappa shape index (κ1) is 10.9. The second-order valence-electron chi connectivity index (χ2n) is 3.94. The zero-order valence-corrected chi connectivity index (χ0v) is 9.15. The van der Waals surface area contributed by atoms with E-state index in [-0.39, 0.29) is 4.75 Å². The first-order valence-corrected chi connectivity index (χ1v) is 5.52. The Labute approximate surface area is 83.3 Å². The Morgan fingerprint density at radius 1 is 1.62 bits per heavy atom. The normalized spacial score (nSPS) is 31.9. The highest BCUT2D eigenvalue weighted by atomic mass is 32.2. The van der Waals surface area contributed by atoms with Crippen LogP contribution < -0.4 is 5.32 Å². The summed E-state index contributed by atoms with van der Waals surface area (Å²) >= 11 is 1.74. The highest BCUT2D eigenvalue weighted by Gasteiger charge is 2.44. The van der Waals surface area contributed by atoms with Gasteiger partial charge in [-0.25, -0.2) is 0 Å². The molecule has 0 aromatic heterocycles. The fraction of sp³-hybridized carbons (Fsp3) is 0.889. The molecular weight excluding hydrogens is 186 g/mol. The van der Waals surface area contributed by atoms with Crippen LogP contribution in [0, 0.1) is 0 Å². The Hall–Kier alpha value is -0.220. The lowest BCUT2D eigenvalue weighted by Crippen LogP contribution is -2.44. The summed E-state index contributed by atoms with van der Waals surface area (Å²) in [5.74, 6) is -0.740. The van der Waals surface area contributed by atoms with Crippen LogP contribution in [-0.4, -0.2) is 27.2 Å². The average molecular weight is 203 g/mol. The molecule has 0 aromatic carbocycles. The molecule has 3 nitrogen and oxygen atoms in total. The van der Waals surface area contributed by atoms with E-state index >= 15 is 0 Å². The molecule has 1 saturated heterocycles. The van der Waals surface area contributed by atoms with Crippen molar-refractivity contribution in [3.8, 4) is 0 Å². The van der Waals surface area contributed by atoms with Crippen LogP contribution in [0.3, 0.4) is 0 Å². The number of rotatable bonds is 3. The summed E-state index contributed by atoms with van der Waals surface area (Å²) in [5, 5.41) is 12.4. The molecule has 2 unspecified atom stereocenters. The van der Waals surface area contributed by atoms with E-state index in [0.29, 0.717) is 5.37 Å². The van der Waals surface area contributed by atoms with Gasteiger partial charge in [-0.05, 0) is 20.3 Å². The van der Waals surface area contributed by atoms with E-state index in [4.69, 9.17) is 5.11 Å². The molecule has 0 bridgehead atoms. The summed E-state index contributed by atoms with van der Waals surface area (Å²) in [6.45, 7) is 6.08. The number of hydrogen-bond acceptors (Lipinski definition) is 3. The predicted octanol–water partition coefficient (Wildman–Crippen LogP) is 1.68. The molecule has 1 heterocycles. The van der Waals surface area contributed by atoms with Gasteiger partial charge in [-0.3, -0.25) is 10.1 Å². The van der Waals surface area contributed by atoms with Crippen LogP contribution in [0.2, 0.25) is 0 Å². The van der Waals surface area contributed by atoms with Crippen molar-refractivity contribution >= 4 is 17.7 Å². The summed E-state index contributed by atoms with van der Waals surface area (Å²) < 4.78 is -0.189. The fourth-order valence-corrected chi connectivity index (χ4v) is 3.22. The van der Waals surface area contributed by atoms with E-state index in [2.05, 4.69) is 12.2 Å². The maximum Gasteiger partial charge on any atom is 0.322 e. The highest BCUT2D eigenvalue weighted by molar-refractivity contribution is 8.01. The van der Waals surface area contributed by atoms with Gasteiger partial charge < -0.3 is 5.11 Å². The Kier molecular flexibility index (Phi) is 3.24. The molecule has 1 aliphatic heterocycles. The molecule has 1 rings (SSSR count). The third-order valence-electron chi connectivity index (χ3n) is 2.29. The van der Waals surface area contributed by atoms with Crippen molar-refractivity contribution in [3.63, 3.8) is 0 Å². The zero-order chi connectivity index (χ0) is 10.1. The molecule has 0 amide bonds. The van der Waals surface area contributed by atoms with Crippen LogP contribution >= 0.6 is 11.8 Å². The summed E-state index contributed by atoms with van der Waals surface area (Å²) in [4.78, 5) is 10.9. The van der Waals surface area contributed by atoms with Gasteiger partial charge in [0.1, 0.15) is 6.04 Å². The Bertz CT molecular complexity index is 206. The first-order valence-electron chi connectivity index (χ1n) is 4.64. The molecule has 0 aromatic rings. The molecule has 0 aliphatic carbocycles. The Morgan fingerprint density at radius 3 is 2.62 bits per heavy atom. The molecule has 0 saturated carbocycles. The van der Waals surface area contributed by atoms with Gasteiger partial charge in [-0.15, -0.1) is 11.8 Å². The van der Waals surface area contributed by atoms with Gasteiger partial charge in [0, 0.05) is 4.75 Å². The van der Waals surface area contributed by atoms with Crippen molar-refractivity contribution in [3.05, 3.63) is 0 Å². The third-order valence-corrected chi connectivity index (χ3v) is 3.79. The van der Waals surface area contributed by atoms with Crippen molar-refractivity contribution in [2.24, 2.45) is 0 Å². The maximum atomic E-state index is 10.9. The summed E-state index contributed by atoms with van der Waals surface area (Å²) in [7, 11) is 0. The van der Waals surface area contributed by atoms with Crippen LogP contribution in [0.4, 0.5) is 0 Å². The fourth-order valence-electron chi connectivity index (χ4n) is 1.63. The molecule has 2 atom stereocenters. The number of aliphatic carboxylic acids is 1. The number of thioether (sulfide) groups is 1. The lowest BCUT2D eigenvalue weighted by molar-refractivity contribution is -0.139. The standard InChI is InChI=1S/C9H17NO2S/c1-4-5-6-10-7(8(11)12)9(2,3)13-6/h6-7,10H,4-5H2,1-3H3,(H,11,12). The Morgan fingerprint density at radius 2 is 2.23 bits per heavy atom. The Balaban J connectivity index is 2.62. The molecule has 1 aliphatic rings. The molecule has 76 valence electrons. The van der Waals surface area contributed by atoms with E-state index in [1.165, 1.54) is 0 Å². The van der Waals surface area contributed by atoms with Gasteiger partial charge in [0.25, 0.3) is 0 Å². The molecule has 0 spiro atoms. The van der Waals surface area contributed by atoms with Gasteiger partial charge in [-0.2, -0.15) is 0 Å². The average Bonchev–Trinajstić information content (AvgIpc) is 2.26.